The number of amides is 1. The number of anilines is 1. The van der Waals surface area contributed by atoms with Crippen molar-refractivity contribution >= 4 is 11.6 Å². The number of aryl methyl sites for hydroxylation is 1. The third-order valence-electron chi connectivity index (χ3n) is 3.89. The van der Waals surface area contributed by atoms with E-state index in [0.29, 0.717) is 13.2 Å². The maximum Gasteiger partial charge on any atom is 0.251 e. The Kier molecular flexibility index (Phi) is 4.21. The maximum atomic E-state index is 12.1. The lowest BCUT2D eigenvalue weighted by Crippen LogP contribution is -2.27. The number of carbonyl (C=O) groups is 1. The summed E-state index contributed by atoms with van der Waals surface area (Å²) in [7, 11) is 0. The van der Waals surface area contributed by atoms with Gasteiger partial charge in [0.2, 0.25) is 0 Å². The lowest BCUT2D eigenvalue weighted by Gasteiger charge is -2.18. The molecule has 1 saturated carbocycles. The molecule has 1 aromatic carbocycles. The standard InChI is InChI=1S/C16H22N2O2/c19-16(18-8-9-20-11-12-3-4-12)14-5-6-15-13(10-14)2-1-7-17-15/h5-6,10,12,17H,1-4,7-9,11H2,(H,18,19). The molecule has 0 spiro atoms. The fraction of sp³-hybridized carbons (Fsp3) is 0.562. The van der Waals surface area contributed by atoms with Crippen LogP contribution in [0.1, 0.15) is 35.2 Å². The Bertz CT molecular complexity index is 483. The van der Waals surface area contributed by atoms with Gasteiger partial charge in [0.1, 0.15) is 0 Å². The van der Waals surface area contributed by atoms with Crippen molar-refractivity contribution in [3.63, 3.8) is 0 Å². The Hall–Kier alpha value is -1.55. The Balaban J connectivity index is 1.46. The SMILES string of the molecule is O=C(NCCOCC1CC1)c1ccc2c(c1)CCCN2. The topological polar surface area (TPSA) is 50.4 Å². The Morgan fingerprint density at radius 2 is 2.30 bits per heavy atom. The number of ether oxygens (including phenoxy) is 1. The molecular weight excluding hydrogens is 252 g/mol. The third-order valence-corrected chi connectivity index (χ3v) is 3.89. The van der Waals surface area contributed by atoms with Crippen molar-refractivity contribution in [2.75, 3.05) is 31.6 Å². The van der Waals surface area contributed by atoms with Crippen LogP contribution in [0.15, 0.2) is 18.2 Å². The molecule has 1 fully saturated rings. The summed E-state index contributed by atoms with van der Waals surface area (Å²) in [6.07, 6.45) is 4.78. The van der Waals surface area contributed by atoms with Gasteiger partial charge in [-0.3, -0.25) is 4.79 Å². The first-order chi connectivity index (χ1) is 9.83. The van der Waals surface area contributed by atoms with E-state index in [-0.39, 0.29) is 5.91 Å². The summed E-state index contributed by atoms with van der Waals surface area (Å²) in [4.78, 5) is 12.1. The molecule has 0 atom stereocenters. The summed E-state index contributed by atoms with van der Waals surface area (Å²) >= 11 is 0. The van der Waals surface area contributed by atoms with Crippen molar-refractivity contribution in [2.45, 2.75) is 25.7 Å². The Morgan fingerprint density at radius 3 is 3.15 bits per heavy atom. The van der Waals surface area contributed by atoms with Gasteiger partial charge in [0.25, 0.3) is 5.91 Å². The van der Waals surface area contributed by atoms with Gasteiger partial charge in [0.15, 0.2) is 0 Å². The predicted molar refractivity (Wildman–Crippen MR) is 79.1 cm³/mol. The van der Waals surface area contributed by atoms with Crippen molar-refractivity contribution in [3.8, 4) is 0 Å². The van der Waals surface area contributed by atoms with E-state index in [4.69, 9.17) is 4.74 Å². The highest BCUT2D eigenvalue weighted by atomic mass is 16.5. The van der Waals surface area contributed by atoms with Gasteiger partial charge >= 0.3 is 0 Å². The van der Waals surface area contributed by atoms with Gasteiger partial charge in [-0.1, -0.05) is 0 Å². The van der Waals surface area contributed by atoms with Crippen LogP contribution in [-0.4, -0.2) is 32.2 Å². The summed E-state index contributed by atoms with van der Waals surface area (Å²) in [5.41, 5.74) is 3.16. The van der Waals surface area contributed by atoms with E-state index in [0.717, 1.165) is 37.5 Å². The molecule has 0 unspecified atom stereocenters. The van der Waals surface area contributed by atoms with Crippen LogP contribution in [0.5, 0.6) is 0 Å². The molecule has 0 radical (unpaired) electrons. The van der Waals surface area contributed by atoms with Crippen LogP contribution >= 0.6 is 0 Å². The molecule has 108 valence electrons. The molecule has 1 amide bonds. The molecule has 0 saturated heterocycles. The average molecular weight is 274 g/mol. The minimum absolute atomic E-state index is 0.00612. The monoisotopic (exact) mass is 274 g/mol. The quantitative estimate of drug-likeness (QED) is 0.782. The highest BCUT2D eigenvalue weighted by molar-refractivity contribution is 5.94. The van der Waals surface area contributed by atoms with Gasteiger partial charge in [0, 0.05) is 30.9 Å². The second kappa shape index (κ2) is 6.27. The van der Waals surface area contributed by atoms with Crippen LogP contribution in [0.4, 0.5) is 5.69 Å². The van der Waals surface area contributed by atoms with Gasteiger partial charge < -0.3 is 15.4 Å². The molecule has 20 heavy (non-hydrogen) atoms. The number of fused-ring (bicyclic) bond motifs is 1. The Morgan fingerprint density at radius 1 is 1.40 bits per heavy atom. The smallest absolute Gasteiger partial charge is 0.251 e. The van der Waals surface area contributed by atoms with Crippen LogP contribution < -0.4 is 10.6 Å². The minimum atomic E-state index is -0.00612. The Labute approximate surface area is 119 Å². The highest BCUT2D eigenvalue weighted by Crippen LogP contribution is 2.28. The average Bonchev–Trinajstić information content (AvgIpc) is 3.30. The number of hydrogen-bond acceptors (Lipinski definition) is 3. The molecular formula is C16H22N2O2. The molecule has 0 aromatic heterocycles. The van der Waals surface area contributed by atoms with Crippen molar-refractivity contribution in [3.05, 3.63) is 29.3 Å². The van der Waals surface area contributed by atoms with Crippen molar-refractivity contribution in [2.24, 2.45) is 5.92 Å². The van der Waals surface area contributed by atoms with Crippen molar-refractivity contribution in [1.29, 1.82) is 0 Å². The van der Waals surface area contributed by atoms with Gasteiger partial charge in [-0.25, -0.2) is 0 Å². The molecule has 1 aliphatic heterocycles. The first-order valence-electron chi connectivity index (χ1n) is 7.55. The normalized spacial score (nSPS) is 17.2. The summed E-state index contributed by atoms with van der Waals surface area (Å²) in [5.74, 6) is 0.771. The van der Waals surface area contributed by atoms with Gasteiger partial charge in [-0.2, -0.15) is 0 Å². The van der Waals surface area contributed by atoms with E-state index in [9.17, 15) is 4.79 Å². The lowest BCUT2D eigenvalue weighted by atomic mass is 10.0. The largest absolute Gasteiger partial charge is 0.385 e. The summed E-state index contributed by atoms with van der Waals surface area (Å²) in [5, 5.41) is 6.27. The van der Waals surface area contributed by atoms with E-state index in [1.54, 1.807) is 0 Å². The molecule has 2 N–H and O–H groups in total. The zero-order valence-corrected chi connectivity index (χ0v) is 11.8. The summed E-state index contributed by atoms with van der Waals surface area (Å²) in [6.45, 7) is 3.06. The van der Waals surface area contributed by atoms with Gasteiger partial charge in [-0.05, 0) is 55.4 Å². The molecule has 0 bridgehead atoms. The molecule has 4 heteroatoms. The third kappa shape index (κ3) is 3.51. The van der Waals surface area contributed by atoms with Crippen LogP contribution in [0.2, 0.25) is 0 Å². The van der Waals surface area contributed by atoms with Crippen molar-refractivity contribution in [1.82, 2.24) is 5.32 Å². The van der Waals surface area contributed by atoms with E-state index in [1.807, 2.05) is 18.2 Å². The molecule has 1 aliphatic carbocycles. The predicted octanol–water partition coefficient (Wildman–Crippen LogP) is 2.20. The van der Waals surface area contributed by atoms with E-state index in [1.165, 1.54) is 24.1 Å². The van der Waals surface area contributed by atoms with Crippen LogP contribution in [-0.2, 0) is 11.2 Å². The zero-order chi connectivity index (χ0) is 13.8. The summed E-state index contributed by atoms with van der Waals surface area (Å²) in [6, 6.07) is 5.90. The molecule has 3 rings (SSSR count). The second-order valence-corrected chi connectivity index (χ2v) is 5.68. The van der Waals surface area contributed by atoms with E-state index in [2.05, 4.69) is 10.6 Å². The number of rotatable bonds is 6. The number of nitrogens with one attached hydrogen (secondary N) is 2. The lowest BCUT2D eigenvalue weighted by molar-refractivity contribution is 0.0906. The van der Waals surface area contributed by atoms with Crippen LogP contribution in [0.3, 0.4) is 0 Å². The number of carbonyl (C=O) groups excluding carboxylic acids is 1. The second-order valence-electron chi connectivity index (χ2n) is 5.68. The fourth-order valence-electron chi connectivity index (χ4n) is 2.49. The maximum absolute atomic E-state index is 12.1. The first-order valence-corrected chi connectivity index (χ1v) is 7.55. The van der Waals surface area contributed by atoms with Crippen molar-refractivity contribution < 1.29 is 9.53 Å². The number of hydrogen-bond donors (Lipinski definition) is 2. The number of benzene rings is 1. The molecule has 1 aromatic rings. The fourth-order valence-corrected chi connectivity index (χ4v) is 2.49. The molecule has 4 nitrogen and oxygen atoms in total. The van der Waals surface area contributed by atoms with Gasteiger partial charge in [-0.15, -0.1) is 0 Å². The van der Waals surface area contributed by atoms with Gasteiger partial charge in [0.05, 0.1) is 6.61 Å². The van der Waals surface area contributed by atoms with E-state index >= 15 is 0 Å². The summed E-state index contributed by atoms with van der Waals surface area (Å²) < 4.78 is 5.51. The molecule has 1 heterocycles. The zero-order valence-electron chi connectivity index (χ0n) is 11.8. The van der Waals surface area contributed by atoms with Crippen LogP contribution in [0, 0.1) is 5.92 Å². The highest BCUT2D eigenvalue weighted by Gasteiger charge is 2.20. The molecule has 2 aliphatic rings. The van der Waals surface area contributed by atoms with Crippen LogP contribution in [0.25, 0.3) is 0 Å². The van der Waals surface area contributed by atoms with E-state index < -0.39 is 0 Å². The first kappa shape index (κ1) is 13.4. The minimum Gasteiger partial charge on any atom is -0.385 e.